The zero-order chi connectivity index (χ0) is 30.3. The minimum Gasteiger partial charge on any atom is -0.464 e. The van der Waals surface area contributed by atoms with Gasteiger partial charge in [0.1, 0.15) is 48.5 Å². The molecule has 0 saturated carbocycles. The Morgan fingerprint density at radius 2 is 1.61 bits per heavy atom. The number of rotatable bonds is 10. The van der Waals surface area contributed by atoms with Crippen LogP contribution in [-0.2, 0) is 32.0 Å². The molecule has 0 amide bonds. The molecular weight excluding hydrogens is 606 g/mol. The van der Waals surface area contributed by atoms with Crippen LogP contribution in [0.1, 0.15) is 6.23 Å². The van der Waals surface area contributed by atoms with Crippen molar-refractivity contribution >= 4 is 15.6 Å². The van der Waals surface area contributed by atoms with E-state index in [1.807, 2.05) is 4.98 Å². The molecule has 9 N–H and O–H groups in total. The molecule has 2 aromatic heterocycles. The molecule has 230 valence electrons. The predicted octanol–water partition coefficient (Wildman–Crippen LogP) is -3.53. The zero-order valence-corrected chi connectivity index (χ0v) is 22.2. The van der Waals surface area contributed by atoms with Crippen molar-refractivity contribution in [2.75, 3.05) is 13.2 Å². The first-order valence-electron chi connectivity index (χ1n) is 11.6. The van der Waals surface area contributed by atoms with Crippen molar-refractivity contribution in [3.8, 4) is 11.3 Å². The summed E-state index contributed by atoms with van der Waals surface area (Å²) in [5.74, 6) is 0.0608. The fourth-order valence-electron chi connectivity index (χ4n) is 4.00. The monoisotopic (exact) mass is 632 g/mol. The van der Waals surface area contributed by atoms with Gasteiger partial charge in [-0.25, -0.2) is 13.9 Å². The molecule has 2 saturated heterocycles. The van der Waals surface area contributed by atoms with E-state index in [2.05, 4.69) is 13.4 Å². The summed E-state index contributed by atoms with van der Waals surface area (Å²) in [5, 5.41) is 59.3. The molecule has 0 aromatic carbocycles. The average molecular weight is 632 g/mol. The van der Waals surface area contributed by atoms with E-state index < -0.39 is 95.4 Å². The second-order valence-corrected chi connectivity index (χ2v) is 11.8. The van der Waals surface area contributed by atoms with Crippen LogP contribution in [0.25, 0.3) is 11.3 Å². The van der Waals surface area contributed by atoms with Crippen LogP contribution in [0.4, 0.5) is 0 Å². The summed E-state index contributed by atoms with van der Waals surface area (Å²) in [6.07, 6.45) is -14.5. The lowest BCUT2D eigenvalue weighted by atomic mass is 10.00. The van der Waals surface area contributed by atoms with Gasteiger partial charge in [-0.15, -0.1) is 0 Å². The molecule has 4 rings (SSSR count). The van der Waals surface area contributed by atoms with Crippen LogP contribution in [0.3, 0.4) is 0 Å². The van der Waals surface area contributed by atoms with Crippen molar-refractivity contribution in [2.45, 2.75) is 55.2 Å². The maximum Gasteiger partial charge on any atom is 0.483 e. The first kappa shape index (κ1) is 31.8. The van der Waals surface area contributed by atoms with Gasteiger partial charge in [-0.05, 0) is 12.1 Å². The average Bonchev–Trinajstić information content (AvgIpc) is 3.52. The number of phosphoric acid groups is 2. The molecule has 0 radical (unpaired) electrons. The third-order valence-corrected chi connectivity index (χ3v) is 8.66. The largest absolute Gasteiger partial charge is 0.483 e. The van der Waals surface area contributed by atoms with Crippen molar-refractivity contribution in [1.82, 2.24) is 9.55 Å². The van der Waals surface area contributed by atoms with Crippen molar-refractivity contribution in [1.29, 1.82) is 0 Å². The number of ether oxygens (including phenoxy) is 2. The van der Waals surface area contributed by atoms with E-state index in [1.54, 1.807) is 0 Å². The summed E-state index contributed by atoms with van der Waals surface area (Å²) in [7, 11) is -11.2. The van der Waals surface area contributed by atoms with Crippen LogP contribution in [0.2, 0.25) is 0 Å². The lowest BCUT2D eigenvalue weighted by Crippen LogP contribution is -2.58. The number of nitrogens with one attached hydrogen (secondary N) is 1. The molecule has 0 bridgehead atoms. The van der Waals surface area contributed by atoms with E-state index >= 15 is 0 Å². The first-order chi connectivity index (χ1) is 19.1. The predicted molar refractivity (Wildman–Crippen MR) is 126 cm³/mol. The summed E-state index contributed by atoms with van der Waals surface area (Å²) < 4.78 is 53.8. The van der Waals surface area contributed by atoms with E-state index in [0.717, 1.165) is 10.8 Å². The number of aliphatic hydroxyl groups is 6. The lowest BCUT2D eigenvalue weighted by molar-refractivity contribution is -0.280. The zero-order valence-electron chi connectivity index (χ0n) is 20.4. The second kappa shape index (κ2) is 12.3. The fraction of sp³-hybridized carbons (Fsp3) is 0.579. The Morgan fingerprint density at radius 3 is 2.24 bits per heavy atom. The van der Waals surface area contributed by atoms with Gasteiger partial charge in [0.15, 0.2) is 12.5 Å². The van der Waals surface area contributed by atoms with E-state index in [0.29, 0.717) is 0 Å². The maximum atomic E-state index is 12.4. The quantitative estimate of drug-likeness (QED) is 0.115. The molecule has 2 fully saturated rings. The number of H-pyrrole nitrogens is 1. The van der Waals surface area contributed by atoms with E-state index in [-0.39, 0.29) is 11.3 Å². The Labute approximate surface area is 227 Å². The summed E-state index contributed by atoms with van der Waals surface area (Å²) in [6.45, 7) is -1.97. The molecular formula is C19H26N2O18P2. The molecule has 2 aliphatic rings. The van der Waals surface area contributed by atoms with Crippen LogP contribution >= 0.6 is 15.6 Å². The van der Waals surface area contributed by atoms with Gasteiger partial charge in [-0.2, -0.15) is 4.31 Å². The van der Waals surface area contributed by atoms with Crippen LogP contribution < -0.4 is 11.2 Å². The summed E-state index contributed by atoms with van der Waals surface area (Å²) in [6, 6.07) is 2.88. The topological polar surface area (TPSA) is 310 Å². The second-order valence-electron chi connectivity index (χ2n) is 8.85. The van der Waals surface area contributed by atoms with Gasteiger partial charge in [-0.3, -0.25) is 23.4 Å². The van der Waals surface area contributed by atoms with Gasteiger partial charge in [0.2, 0.25) is 0 Å². The smallest absolute Gasteiger partial charge is 0.464 e. The Morgan fingerprint density at radius 1 is 0.927 bits per heavy atom. The normalized spacial score (nSPS) is 35.2. The van der Waals surface area contributed by atoms with Gasteiger partial charge in [-0.1, -0.05) is 0 Å². The molecule has 4 heterocycles. The summed E-state index contributed by atoms with van der Waals surface area (Å²) >= 11 is 0. The number of aromatic amines is 1. The number of hydrogen-bond acceptors (Lipinski definition) is 16. The molecule has 2 unspecified atom stereocenters. The molecule has 20 nitrogen and oxygen atoms in total. The fourth-order valence-corrected chi connectivity index (χ4v) is 6.16. The standard InChI is InChI=1S/C19H26N2O18P2/c22-5-9-11(23)13(25)15(27)18(37-9)38-41(32,33)39-40(30,31)35-6-10-12(24)14(26)17(36-10)21-4-7(8-2-1-3-34-8)16(28)20-19(21)29/h1-4,9-15,17-18,22-27H,5-6H2,(H,30,31)(H,32,33)(H,20,28,29)/t9-,10-,11-,12-,13+,14-,15-,17-,18-/m1/s1. The molecule has 2 aliphatic heterocycles. The minimum atomic E-state index is -5.63. The Balaban J connectivity index is 1.41. The third-order valence-electron chi connectivity index (χ3n) is 6.06. The Kier molecular flexibility index (Phi) is 9.51. The number of furan rings is 1. The maximum absolute atomic E-state index is 12.4. The van der Waals surface area contributed by atoms with Gasteiger partial charge in [0.05, 0.1) is 25.0 Å². The van der Waals surface area contributed by atoms with Crippen LogP contribution in [-0.4, -0.2) is 112 Å². The first-order valence-corrected chi connectivity index (χ1v) is 14.5. The number of aliphatic hydroxyl groups excluding tert-OH is 6. The Hall–Kier alpha value is -2.10. The number of aromatic nitrogens is 2. The van der Waals surface area contributed by atoms with Gasteiger partial charge < -0.3 is 54.3 Å². The highest BCUT2D eigenvalue weighted by Gasteiger charge is 2.49. The lowest BCUT2D eigenvalue weighted by Gasteiger charge is -2.39. The molecule has 22 heteroatoms. The molecule has 11 atom stereocenters. The Bertz CT molecular complexity index is 1410. The highest BCUT2D eigenvalue weighted by atomic mass is 31.3. The van der Waals surface area contributed by atoms with E-state index in [9.17, 15) is 54.0 Å². The number of hydrogen-bond donors (Lipinski definition) is 9. The van der Waals surface area contributed by atoms with E-state index in [4.69, 9.17) is 19.0 Å². The molecule has 0 aliphatic carbocycles. The van der Waals surface area contributed by atoms with Gasteiger partial charge in [0.25, 0.3) is 5.56 Å². The summed E-state index contributed by atoms with van der Waals surface area (Å²) in [4.78, 5) is 46.3. The van der Waals surface area contributed by atoms with Gasteiger partial charge in [0, 0.05) is 6.20 Å². The van der Waals surface area contributed by atoms with Crippen LogP contribution in [0, 0.1) is 0 Å². The number of nitrogens with zero attached hydrogens (tertiary/aromatic N) is 1. The third kappa shape index (κ3) is 6.94. The highest BCUT2D eigenvalue weighted by Crippen LogP contribution is 2.61. The summed E-state index contributed by atoms with van der Waals surface area (Å²) in [5.41, 5.74) is -2.01. The molecule has 0 spiro atoms. The number of phosphoric ester groups is 2. The highest BCUT2D eigenvalue weighted by molar-refractivity contribution is 7.61. The van der Waals surface area contributed by atoms with Crippen LogP contribution in [0.5, 0.6) is 0 Å². The minimum absolute atomic E-state index is 0.0608. The van der Waals surface area contributed by atoms with Crippen molar-refractivity contribution in [3.05, 3.63) is 45.4 Å². The molecule has 2 aromatic rings. The SMILES string of the molecule is O=c1[nH]c(=O)n([C@@H]2O[C@H](COP(=O)(O)OP(=O)(O)O[C@H]3O[C@H](CO)[C@@H](O)[C@H](O)[C@H]3O)[C@@H](O)[C@H]2O)cc1-c1ccco1. The van der Waals surface area contributed by atoms with Crippen LogP contribution in [0.15, 0.2) is 38.6 Å². The van der Waals surface area contributed by atoms with Gasteiger partial charge >= 0.3 is 21.3 Å². The van der Waals surface area contributed by atoms with Crippen molar-refractivity contribution < 1.29 is 76.8 Å². The molecule has 41 heavy (non-hydrogen) atoms. The van der Waals surface area contributed by atoms with E-state index in [1.165, 1.54) is 18.4 Å². The van der Waals surface area contributed by atoms with Crippen molar-refractivity contribution in [2.24, 2.45) is 0 Å². The van der Waals surface area contributed by atoms with Crippen molar-refractivity contribution in [3.63, 3.8) is 0 Å².